The Morgan fingerprint density at radius 3 is 2.54 bits per heavy atom. The molecule has 7 rings (SSSR count). The zero-order valence-corrected chi connectivity index (χ0v) is 34.1. The first-order valence-electron chi connectivity index (χ1n) is 19.9. The number of sulfonamides is 1. The average molecular weight is 842 g/mol. The number of benzene rings is 1. The van der Waals surface area contributed by atoms with E-state index in [-0.39, 0.29) is 43.5 Å². The highest BCUT2D eigenvalue weighted by Gasteiger charge is 2.62. The highest BCUT2D eigenvalue weighted by atomic mass is 32.2. The third-order valence-corrected chi connectivity index (χ3v) is 13.0. The molecule has 0 radical (unpaired) electrons. The standard InChI is InChI=1S/C40H49F2N7O9S/c1-22(2)57-33-19-32(27-14-15-31(56-4)23(3)34(27)44-33)58-25-18-30-36(51)45-40(38(53)47-59(54,55)26-12-13-26)20-24(40)10-8-6-5-7-9-11-29(37(52)48(30)21-25)43-35(50)28-16-17-49(46-28)39(41)42/h8,10,14-17,19,22,24-26,29-30,39H,5-7,9,11-13,18,20-21H2,1-4H3,(H,43,50)(H,45,51)(H,47,53)/t24-,25-,29+,30+,40-/m1/s1. The molecule has 2 saturated carbocycles. The van der Waals surface area contributed by atoms with Crippen LogP contribution < -0.4 is 29.6 Å². The van der Waals surface area contributed by atoms with E-state index in [9.17, 15) is 36.4 Å². The van der Waals surface area contributed by atoms with Gasteiger partial charge in [0.2, 0.25) is 27.7 Å². The van der Waals surface area contributed by atoms with Crippen LogP contribution in [0.5, 0.6) is 17.4 Å². The van der Waals surface area contributed by atoms with Crippen molar-refractivity contribution >= 4 is 44.6 Å². The summed E-state index contributed by atoms with van der Waals surface area (Å²) >= 11 is 0. The van der Waals surface area contributed by atoms with E-state index in [1.807, 2.05) is 32.9 Å². The molecule has 59 heavy (non-hydrogen) atoms. The number of nitrogens with zero attached hydrogens (tertiary/aromatic N) is 4. The molecule has 1 aromatic carbocycles. The number of hydrogen-bond donors (Lipinski definition) is 3. The van der Waals surface area contributed by atoms with Gasteiger partial charge in [-0.05, 0) is 77.5 Å². The number of carbonyl (C=O) groups is 4. The van der Waals surface area contributed by atoms with Gasteiger partial charge in [-0.25, -0.2) is 18.1 Å². The summed E-state index contributed by atoms with van der Waals surface area (Å²) in [5, 5.41) is 9.10. The first-order chi connectivity index (χ1) is 28.1. The molecule has 4 heterocycles. The number of allylic oxidation sites excluding steroid dienone is 1. The summed E-state index contributed by atoms with van der Waals surface area (Å²) in [6.07, 6.45) is 7.25. The summed E-state index contributed by atoms with van der Waals surface area (Å²) in [5.41, 5.74) is -0.615. The maximum atomic E-state index is 14.7. The third-order valence-electron chi connectivity index (χ3n) is 11.2. The number of nitrogens with one attached hydrogen (secondary N) is 3. The molecule has 2 aliphatic carbocycles. The Bertz CT molecular complexity index is 2260. The number of hydrogen-bond acceptors (Lipinski definition) is 11. The van der Waals surface area contributed by atoms with E-state index in [0.29, 0.717) is 65.6 Å². The van der Waals surface area contributed by atoms with Crippen LogP contribution in [-0.2, 0) is 24.4 Å². The lowest BCUT2D eigenvalue weighted by Crippen LogP contribution is -2.58. The van der Waals surface area contributed by atoms with Crippen molar-refractivity contribution in [2.45, 2.75) is 120 Å². The Balaban J connectivity index is 1.23. The minimum absolute atomic E-state index is 0.0467. The van der Waals surface area contributed by atoms with Crippen LogP contribution in [0.3, 0.4) is 0 Å². The third kappa shape index (κ3) is 8.99. The minimum Gasteiger partial charge on any atom is -0.496 e. The zero-order chi connectivity index (χ0) is 42.2. The Morgan fingerprint density at radius 2 is 1.85 bits per heavy atom. The van der Waals surface area contributed by atoms with E-state index in [4.69, 9.17) is 19.2 Å². The van der Waals surface area contributed by atoms with Crippen LogP contribution in [-0.4, -0.2) is 100 Å². The lowest BCUT2D eigenvalue weighted by molar-refractivity contribution is -0.141. The molecular formula is C40H49F2N7O9S. The second kappa shape index (κ2) is 16.7. The number of carbonyl (C=O) groups excluding carboxylic acids is 4. The Kier molecular flexibility index (Phi) is 11.9. The highest BCUT2D eigenvalue weighted by molar-refractivity contribution is 7.91. The summed E-state index contributed by atoms with van der Waals surface area (Å²) in [6, 6.07) is 3.90. The quantitative estimate of drug-likeness (QED) is 0.235. The van der Waals surface area contributed by atoms with Crippen molar-refractivity contribution in [2.24, 2.45) is 5.92 Å². The fourth-order valence-corrected chi connectivity index (χ4v) is 9.17. The average Bonchev–Trinajstić information content (AvgIpc) is 4.06. The Hall–Kier alpha value is -5.33. The van der Waals surface area contributed by atoms with E-state index >= 15 is 0 Å². The predicted octanol–water partition coefficient (Wildman–Crippen LogP) is 4.08. The highest BCUT2D eigenvalue weighted by Crippen LogP contribution is 2.46. The van der Waals surface area contributed by atoms with Gasteiger partial charge in [-0.15, -0.1) is 0 Å². The number of fused-ring (bicyclic) bond motifs is 3. The van der Waals surface area contributed by atoms with E-state index in [1.165, 1.54) is 4.90 Å². The van der Waals surface area contributed by atoms with Crippen LogP contribution in [0.15, 0.2) is 42.6 Å². The summed E-state index contributed by atoms with van der Waals surface area (Å²) in [6.45, 7) is 2.45. The second-order valence-corrected chi connectivity index (χ2v) is 17.9. The molecule has 3 N–H and O–H groups in total. The number of methoxy groups -OCH3 is 1. The maximum absolute atomic E-state index is 14.7. The molecule has 4 amide bonds. The lowest BCUT2D eigenvalue weighted by Gasteiger charge is -2.29. The van der Waals surface area contributed by atoms with E-state index < -0.39 is 75.1 Å². The monoisotopic (exact) mass is 841 g/mol. The smallest absolute Gasteiger partial charge is 0.333 e. The number of aryl methyl sites for hydroxylation is 1. The van der Waals surface area contributed by atoms with Gasteiger partial charge in [0.05, 0.1) is 30.5 Å². The molecular weight excluding hydrogens is 793 g/mol. The van der Waals surface area contributed by atoms with Crippen molar-refractivity contribution in [2.75, 3.05) is 13.7 Å². The van der Waals surface area contributed by atoms with Gasteiger partial charge in [-0.3, -0.25) is 23.9 Å². The number of amides is 4. The first kappa shape index (κ1) is 41.8. The summed E-state index contributed by atoms with van der Waals surface area (Å²) in [4.78, 5) is 62.4. The molecule has 0 spiro atoms. The molecule has 3 fully saturated rings. The zero-order valence-electron chi connectivity index (χ0n) is 33.3. The molecule has 318 valence electrons. The maximum Gasteiger partial charge on any atom is 0.333 e. The fourth-order valence-electron chi connectivity index (χ4n) is 7.80. The van der Waals surface area contributed by atoms with E-state index in [2.05, 4.69) is 20.5 Å². The van der Waals surface area contributed by atoms with Crippen molar-refractivity contribution in [3.8, 4) is 17.4 Å². The number of rotatable bonds is 11. The normalized spacial score (nSPS) is 25.1. The molecule has 5 atom stereocenters. The number of alkyl halides is 2. The van der Waals surface area contributed by atoms with Crippen molar-refractivity contribution in [1.82, 2.24) is 35.0 Å². The first-order valence-corrected chi connectivity index (χ1v) is 21.5. The molecule has 16 nitrogen and oxygen atoms in total. The van der Waals surface area contributed by atoms with Gasteiger partial charge >= 0.3 is 6.55 Å². The van der Waals surface area contributed by atoms with Crippen molar-refractivity contribution in [3.05, 3.63) is 53.9 Å². The van der Waals surface area contributed by atoms with Crippen LogP contribution >= 0.6 is 0 Å². The molecule has 3 aromatic rings. The predicted molar refractivity (Wildman–Crippen MR) is 209 cm³/mol. The van der Waals surface area contributed by atoms with Crippen LogP contribution in [0.1, 0.15) is 94.2 Å². The van der Waals surface area contributed by atoms with Crippen LogP contribution in [0.2, 0.25) is 0 Å². The van der Waals surface area contributed by atoms with Crippen LogP contribution in [0.25, 0.3) is 10.9 Å². The molecule has 0 bridgehead atoms. The van der Waals surface area contributed by atoms with Gasteiger partial charge in [0, 0.05) is 35.6 Å². The molecule has 2 aliphatic heterocycles. The Labute approximate surface area is 340 Å². The lowest BCUT2D eigenvalue weighted by atomic mass is 10.0. The molecule has 0 unspecified atom stereocenters. The van der Waals surface area contributed by atoms with Crippen LogP contribution in [0, 0.1) is 12.8 Å². The SMILES string of the molecule is COc1ccc2c(O[C@@H]3C[C@H]4C(=O)N[C@]5(C(=O)NS(=O)(=O)C6CC6)C[C@H]5C=CCCCCC[C@H](NC(=O)c5ccn(C(F)F)n5)C(=O)N4C3)cc(OC(C)C)nc2c1C. The summed E-state index contributed by atoms with van der Waals surface area (Å²) in [5.74, 6) is -2.29. The number of ether oxygens (including phenoxy) is 3. The topological polar surface area (TPSA) is 200 Å². The van der Waals surface area contributed by atoms with Gasteiger partial charge in [0.1, 0.15) is 40.9 Å². The Morgan fingerprint density at radius 1 is 1.07 bits per heavy atom. The van der Waals surface area contributed by atoms with Crippen molar-refractivity contribution < 1.29 is 50.6 Å². The van der Waals surface area contributed by atoms with Gasteiger partial charge in [-0.1, -0.05) is 25.0 Å². The fraction of sp³-hybridized carbons (Fsp3) is 0.550. The van der Waals surface area contributed by atoms with Gasteiger partial charge in [0.15, 0.2) is 0 Å². The summed E-state index contributed by atoms with van der Waals surface area (Å²) in [7, 11) is -2.40. The number of aromatic nitrogens is 3. The van der Waals surface area contributed by atoms with Crippen molar-refractivity contribution in [3.63, 3.8) is 0 Å². The van der Waals surface area contributed by atoms with Crippen LogP contribution in [0.4, 0.5) is 8.78 Å². The van der Waals surface area contributed by atoms with E-state index in [1.54, 1.807) is 25.3 Å². The summed E-state index contributed by atoms with van der Waals surface area (Å²) < 4.78 is 73.1. The second-order valence-electron chi connectivity index (χ2n) is 15.9. The van der Waals surface area contributed by atoms with Gasteiger partial charge in [-0.2, -0.15) is 13.9 Å². The number of pyridine rings is 1. The van der Waals surface area contributed by atoms with E-state index in [0.717, 1.165) is 17.8 Å². The number of halogens is 2. The largest absolute Gasteiger partial charge is 0.496 e. The van der Waals surface area contributed by atoms with Gasteiger partial charge < -0.3 is 29.7 Å². The molecule has 4 aliphatic rings. The van der Waals surface area contributed by atoms with Gasteiger partial charge in [0.25, 0.3) is 11.8 Å². The molecule has 2 aromatic heterocycles. The molecule has 19 heteroatoms. The van der Waals surface area contributed by atoms with Crippen molar-refractivity contribution in [1.29, 1.82) is 0 Å². The molecule has 1 saturated heterocycles. The minimum atomic E-state index is -3.95.